The van der Waals surface area contributed by atoms with Crippen LogP contribution in [0, 0.1) is 0 Å². The van der Waals surface area contributed by atoms with Gasteiger partial charge in [-0.1, -0.05) is 6.92 Å². The maximum Gasteiger partial charge on any atom is 0.407 e. The van der Waals surface area contributed by atoms with Gasteiger partial charge >= 0.3 is 6.09 Å². The lowest BCUT2D eigenvalue weighted by Gasteiger charge is -2.16. The number of nitrogens with one attached hydrogen (secondary N) is 3. The number of carbonyl (C=O) groups is 2. The summed E-state index contributed by atoms with van der Waals surface area (Å²) in [7, 11) is 1.81. The lowest BCUT2D eigenvalue weighted by Crippen LogP contribution is -2.34. The van der Waals surface area contributed by atoms with Gasteiger partial charge in [0.2, 0.25) is 5.91 Å². The number of carbonyl (C=O) groups excluding carboxylic acids is 2. The fraction of sp³-hybridized carbons (Fsp3) is 0.579. The normalized spacial score (nSPS) is 20.0. The lowest BCUT2D eigenvalue weighted by atomic mass is 10.0. The molecule has 152 valence electrons. The number of alkyl carbamates (subject to hydrolysis) is 1. The van der Waals surface area contributed by atoms with E-state index in [2.05, 4.69) is 25.9 Å². The van der Waals surface area contributed by atoms with Crippen molar-refractivity contribution in [1.29, 1.82) is 0 Å². The number of anilines is 1. The number of ether oxygens (including phenoxy) is 1. The maximum absolute atomic E-state index is 12.1. The SMILES string of the molecule is CC[C@H](C)NC(=O)O[C@@H]1CC[C@H](c2cc(NC(=O)Cc3cnn(C)c3)n[nH]2)C1. The van der Waals surface area contributed by atoms with Crippen LogP contribution in [0.2, 0.25) is 0 Å². The van der Waals surface area contributed by atoms with Crippen LogP contribution in [0.1, 0.15) is 56.7 Å². The van der Waals surface area contributed by atoms with Crippen LogP contribution in [0.15, 0.2) is 18.5 Å². The second kappa shape index (κ2) is 8.90. The van der Waals surface area contributed by atoms with Gasteiger partial charge in [0.25, 0.3) is 0 Å². The fourth-order valence-electron chi connectivity index (χ4n) is 3.36. The Balaban J connectivity index is 1.47. The van der Waals surface area contributed by atoms with Gasteiger partial charge in [0.05, 0.1) is 12.6 Å². The summed E-state index contributed by atoms with van der Waals surface area (Å²) in [6.07, 6.45) is 6.63. The van der Waals surface area contributed by atoms with E-state index in [1.165, 1.54) is 0 Å². The van der Waals surface area contributed by atoms with Crippen molar-refractivity contribution in [3.05, 3.63) is 29.7 Å². The summed E-state index contributed by atoms with van der Waals surface area (Å²) < 4.78 is 7.18. The van der Waals surface area contributed by atoms with Crippen molar-refractivity contribution in [2.24, 2.45) is 7.05 Å². The van der Waals surface area contributed by atoms with Gasteiger partial charge in [-0.15, -0.1) is 0 Å². The molecule has 9 heteroatoms. The number of nitrogens with zero attached hydrogens (tertiary/aromatic N) is 3. The highest BCUT2D eigenvalue weighted by Gasteiger charge is 2.30. The maximum atomic E-state index is 12.1. The molecule has 28 heavy (non-hydrogen) atoms. The summed E-state index contributed by atoms with van der Waals surface area (Å²) in [4.78, 5) is 24.0. The average Bonchev–Trinajstić information content (AvgIpc) is 3.36. The molecule has 3 atom stereocenters. The highest BCUT2D eigenvalue weighted by molar-refractivity contribution is 5.91. The van der Waals surface area contributed by atoms with Crippen LogP contribution in [0.3, 0.4) is 0 Å². The van der Waals surface area contributed by atoms with E-state index in [1.54, 1.807) is 10.9 Å². The molecule has 3 N–H and O–H groups in total. The van der Waals surface area contributed by atoms with Gasteiger partial charge in [0.1, 0.15) is 6.10 Å². The second-order valence-corrected chi connectivity index (χ2v) is 7.45. The molecule has 1 aliphatic carbocycles. The summed E-state index contributed by atoms with van der Waals surface area (Å²) in [6, 6.07) is 1.96. The molecule has 2 heterocycles. The Labute approximate surface area is 164 Å². The summed E-state index contributed by atoms with van der Waals surface area (Å²) in [5, 5.41) is 16.9. The van der Waals surface area contributed by atoms with Crippen LogP contribution in [0.4, 0.5) is 10.6 Å². The van der Waals surface area contributed by atoms with E-state index in [1.807, 2.05) is 33.2 Å². The minimum Gasteiger partial charge on any atom is -0.446 e. The number of rotatable bonds is 7. The van der Waals surface area contributed by atoms with E-state index in [-0.39, 0.29) is 36.5 Å². The number of aromatic nitrogens is 4. The molecule has 0 spiro atoms. The van der Waals surface area contributed by atoms with E-state index >= 15 is 0 Å². The van der Waals surface area contributed by atoms with Crippen molar-refractivity contribution >= 4 is 17.8 Å². The molecule has 0 unspecified atom stereocenters. The third-order valence-electron chi connectivity index (χ3n) is 5.06. The van der Waals surface area contributed by atoms with Crippen LogP contribution >= 0.6 is 0 Å². The molecule has 2 aromatic heterocycles. The number of H-pyrrole nitrogens is 1. The van der Waals surface area contributed by atoms with E-state index in [4.69, 9.17) is 4.74 Å². The summed E-state index contributed by atoms with van der Waals surface area (Å²) in [5.74, 6) is 0.598. The summed E-state index contributed by atoms with van der Waals surface area (Å²) in [5.41, 5.74) is 1.80. The molecule has 0 aliphatic heterocycles. The molecular weight excluding hydrogens is 360 g/mol. The first kappa shape index (κ1) is 19.9. The lowest BCUT2D eigenvalue weighted by molar-refractivity contribution is -0.115. The molecular formula is C19H28N6O3. The third kappa shape index (κ3) is 5.34. The molecule has 0 aromatic carbocycles. The van der Waals surface area contributed by atoms with Crippen molar-refractivity contribution in [2.45, 2.75) is 64.0 Å². The van der Waals surface area contributed by atoms with Crippen molar-refractivity contribution < 1.29 is 14.3 Å². The van der Waals surface area contributed by atoms with Gasteiger partial charge in [-0.25, -0.2) is 4.79 Å². The van der Waals surface area contributed by atoms with Crippen LogP contribution in [-0.4, -0.2) is 44.1 Å². The Bertz CT molecular complexity index is 814. The number of aromatic amines is 1. The highest BCUT2D eigenvalue weighted by Crippen LogP contribution is 2.35. The van der Waals surface area contributed by atoms with Crippen LogP contribution in [0.25, 0.3) is 0 Å². The molecule has 0 saturated heterocycles. The van der Waals surface area contributed by atoms with E-state index in [0.29, 0.717) is 5.82 Å². The van der Waals surface area contributed by atoms with E-state index < -0.39 is 0 Å². The fourth-order valence-corrected chi connectivity index (χ4v) is 3.36. The minimum atomic E-state index is -0.354. The zero-order valence-corrected chi connectivity index (χ0v) is 16.6. The molecule has 0 bridgehead atoms. The predicted molar refractivity (Wildman–Crippen MR) is 104 cm³/mol. The smallest absolute Gasteiger partial charge is 0.407 e. The van der Waals surface area contributed by atoms with Crippen molar-refractivity contribution in [3.8, 4) is 0 Å². The molecule has 1 fully saturated rings. The van der Waals surface area contributed by atoms with E-state index in [0.717, 1.165) is 36.9 Å². The molecule has 3 rings (SSSR count). The Morgan fingerprint density at radius 3 is 2.96 bits per heavy atom. The van der Waals surface area contributed by atoms with Gasteiger partial charge in [0, 0.05) is 37.0 Å². The highest BCUT2D eigenvalue weighted by atomic mass is 16.6. The quantitative estimate of drug-likeness (QED) is 0.674. The van der Waals surface area contributed by atoms with E-state index in [9.17, 15) is 9.59 Å². The van der Waals surface area contributed by atoms with Gasteiger partial charge in [-0.3, -0.25) is 14.6 Å². The van der Waals surface area contributed by atoms with Crippen molar-refractivity contribution in [3.63, 3.8) is 0 Å². The van der Waals surface area contributed by atoms with Crippen molar-refractivity contribution in [1.82, 2.24) is 25.3 Å². The molecule has 2 aromatic rings. The number of hydrogen-bond acceptors (Lipinski definition) is 5. The minimum absolute atomic E-state index is 0.0963. The zero-order chi connectivity index (χ0) is 20.1. The Morgan fingerprint density at radius 2 is 2.25 bits per heavy atom. The molecule has 2 amide bonds. The first-order chi connectivity index (χ1) is 13.4. The first-order valence-electron chi connectivity index (χ1n) is 9.72. The number of hydrogen-bond donors (Lipinski definition) is 3. The first-order valence-corrected chi connectivity index (χ1v) is 9.72. The molecule has 1 saturated carbocycles. The van der Waals surface area contributed by atoms with Crippen molar-refractivity contribution in [2.75, 3.05) is 5.32 Å². The summed E-state index contributed by atoms with van der Waals surface area (Å²) in [6.45, 7) is 3.97. The third-order valence-corrected chi connectivity index (χ3v) is 5.06. The van der Waals surface area contributed by atoms with Crippen LogP contribution in [-0.2, 0) is 23.0 Å². The standard InChI is InChI=1S/C19H28N6O3/c1-4-12(2)21-19(27)28-15-6-5-14(8-15)16-9-17(24-23-16)22-18(26)7-13-10-20-25(3)11-13/h9-12,14-15H,4-8H2,1-3H3,(H,21,27)(H2,22,23,24,26)/t12-,14-,15+/m0/s1. The Kier molecular flexibility index (Phi) is 6.33. The Hall–Kier alpha value is -2.84. The predicted octanol–water partition coefficient (Wildman–Crippen LogP) is 2.49. The average molecular weight is 388 g/mol. The van der Waals surface area contributed by atoms with Gasteiger partial charge < -0.3 is 15.4 Å². The summed E-state index contributed by atoms with van der Waals surface area (Å²) >= 11 is 0. The Morgan fingerprint density at radius 1 is 1.43 bits per heavy atom. The molecule has 9 nitrogen and oxygen atoms in total. The van der Waals surface area contributed by atoms with Gasteiger partial charge in [0.15, 0.2) is 5.82 Å². The number of amides is 2. The second-order valence-electron chi connectivity index (χ2n) is 7.45. The van der Waals surface area contributed by atoms with Crippen LogP contribution < -0.4 is 10.6 Å². The van der Waals surface area contributed by atoms with Gasteiger partial charge in [-0.2, -0.15) is 10.2 Å². The monoisotopic (exact) mass is 388 g/mol. The number of aryl methyl sites for hydroxylation is 1. The molecule has 0 radical (unpaired) electrons. The van der Waals surface area contributed by atoms with Crippen LogP contribution in [0.5, 0.6) is 0 Å². The largest absolute Gasteiger partial charge is 0.446 e. The zero-order valence-electron chi connectivity index (χ0n) is 16.6. The van der Waals surface area contributed by atoms with Gasteiger partial charge in [-0.05, 0) is 38.2 Å². The topological polar surface area (TPSA) is 114 Å². The molecule has 1 aliphatic rings.